The lowest BCUT2D eigenvalue weighted by Crippen LogP contribution is -2.25. The molecule has 1 amide bonds. The number of amides is 1. The quantitative estimate of drug-likeness (QED) is 0.855. The summed E-state index contributed by atoms with van der Waals surface area (Å²) in [5.41, 5.74) is 4.29. The van der Waals surface area contributed by atoms with Crippen LogP contribution in [-0.4, -0.2) is 26.7 Å². The minimum Gasteiger partial charge on any atom is -0.493 e. The van der Waals surface area contributed by atoms with Crippen molar-refractivity contribution in [2.75, 3.05) is 20.8 Å². The summed E-state index contributed by atoms with van der Waals surface area (Å²) in [4.78, 5) is 12.3. The molecule has 2 N–H and O–H groups in total. The van der Waals surface area contributed by atoms with Gasteiger partial charge in [-0.15, -0.1) is 0 Å². The first kappa shape index (κ1) is 16.3. The third-order valence-electron chi connectivity index (χ3n) is 4.25. The zero-order valence-electron chi connectivity index (χ0n) is 14.0. The molecule has 3 rings (SSSR count). The SMILES string of the molecule is COc1ccc(CCNC(=O)c2ccc3c(c2)CNC3)cc1OC. The van der Waals surface area contributed by atoms with Crippen LogP contribution in [0.2, 0.25) is 0 Å². The summed E-state index contributed by atoms with van der Waals surface area (Å²) in [7, 11) is 3.23. The van der Waals surface area contributed by atoms with E-state index in [2.05, 4.69) is 10.6 Å². The van der Waals surface area contributed by atoms with Crippen LogP contribution in [0.3, 0.4) is 0 Å². The maximum atomic E-state index is 12.3. The Morgan fingerprint density at radius 1 is 1.04 bits per heavy atom. The highest BCUT2D eigenvalue weighted by Gasteiger charge is 2.13. The molecule has 0 bridgehead atoms. The van der Waals surface area contributed by atoms with E-state index in [1.54, 1.807) is 14.2 Å². The average Bonchev–Trinajstić information content (AvgIpc) is 3.09. The molecule has 0 spiro atoms. The molecule has 1 aliphatic heterocycles. The predicted molar refractivity (Wildman–Crippen MR) is 92.6 cm³/mol. The van der Waals surface area contributed by atoms with E-state index in [-0.39, 0.29) is 5.91 Å². The monoisotopic (exact) mass is 326 g/mol. The first-order valence-electron chi connectivity index (χ1n) is 8.03. The molecule has 0 aromatic heterocycles. The van der Waals surface area contributed by atoms with Crippen molar-refractivity contribution in [1.82, 2.24) is 10.6 Å². The molecule has 0 radical (unpaired) electrons. The van der Waals surface area contributed by atoms with Crippen LogP contribution in [0.15, 0.2) is 36.4 Å². The number of rotatable bonds is 6. The Hall–Kier alpha value is -2.53. The van der Waals surface area contributed by atoms with Gasteiger partial charge in [0.05, 0.1) is 14.2 Å². The predicted octanol–water partition coefficient (Wildman–Crippen LogP) is 2.28. The van der Waals surface area contributed by atoms with E-state index in [4.69, 9.17) is 9.47 Å². The van der Waals surface area contributed by atoms with Gasteiger partial charge in [0.15, 0.2) is 11.5 Å². The van der Waals surface area contributed by atoms with Crippen molar-refractivity contribution in [2.24, 2.45) is 0 Å². The van der Waals surface area contributed by atoms with Crippen molar-refractivity contribution in [3.63, 3.8) is 0 Å². The summed E-state index contributed by atoms with van der Waals surface area (Å²) < 4.78 is 10.5. The van der Waals surface area contributed by atoms with Crippen molar-refractivity contribution in [3.05, 3.63) is 58.7 Å². The van der Waals surface area contributed by atoms with Gasteiger partial charge in [0.2, 0.25) is 0 Å². The van der Waals surface area contributed by atoms with Gasteiger partial charge in [0, 0.05) is 25.2 Å². The van der Waals surface area contributed by atoms with E-state index in [0.29, 0.717) is 23.6 Å². The molecule has 2 aromatic carbocycles. The number of hydrogen-bond acceptors (Lipinski definition) is 4. The van der Waals surface area contributed by atoms with Gasteiger partial charge in [0.1, 0.15) is 0 Å². The first-order valence-corrected chi connectivity index (χ1v) is 8.03. The smallest absolute Gasteiger partial charge is 0.251 e. The van der Waals surface area contributed by atoms with E-state index in [9.17, 15) is 4.79 Å². The number of benzene rings is 2. The van der Waals surface area contributed by atoms with Crippen LogP contribution < -0.4 is 20.1 Å². The molecule has 5 nitrogen and oxygen atoms in total. The largest absolute Gasteiger partial charge is 0.493 e. The molecule has 0 atom stereocenters. The lowest BCUT2D eigenvalue weighted by Gasteiger charge is -2.10. The van der Waals surface area contributed by atoms with Crippen LogP contribution in [0.5, 0.6) is 11.5 Å². The lowest BCUT2D eigenvalue weighted by molar-refractivity contribution is 0.0954. The number of hydrogen-bond donors (Lipinski definition) is 2. The molecule has 1 aliphatic rings. The van der Waals surface area contributed by atoms with Crippen LogP contribution in [0.4, 0.5) is 0 Å². The second-order valence-corrected chi connectivity index (χ2v) is 5.78. The normalized spacial score (nSPS) is 12.6. The maximum absolute atomic E-state index is 12.3. The Morgan fingerprint density at radius 2 is 1.83 bits per heavy atom. The minimum absolute atomic E-state index is 0.0369. The van der Waals surface area contributed by atoms with Crippen molar-refractivity contribution in [3.8, 4) is 11.5 Å². The van der Waals surface area contributed by atoms with E-state index in [1.165, 1.54) is 11.1 Å². The third-order valence-corrected chi connectivity index (χ3v) is 4.25. The van der Waals surface area contributed by atoms with Gasteiger partial charge < -0.3 is 20.1 Å². The Labute approximate surface area is 142 Å². The molecule has 24 heavy (non-hydrogen) atoms. The highest BCUT2D eigenvalue weighted by atomic mass is 16.5. The fraction of sp³-hybridized carbons (Fsp3) is 0.316. The van der Waals surface area contributed by atoms with Gasteiger partial charge in [-0.05, 0) is 47.4 Å². The number of fused-ring (bicyclic) bond motifs is 1. The molecule has 2 aromatic rings. The molecule has 5 heteroatoms. The van der Waals surface area contributed by atoms with Crippen LogP contribution in [0, 0.1) is 0 Å². The number of methoxy groups -OCH3 is 2. The summed E-state index contributed by atoms with van der Waals surface area (Å²) in [6.45, 7) is 2.29. The van der Waals surface area contributed by atoms with Crippen molar-refractivity contribution in [1.29, 1.82) is 0 Å². The Bertz CT molecular complexity index is 743. The third kappa shape index (κ3) is 3.51. The van der Waals surface area contributed by atoms with Crippen LogP contribution in [-0.2, 0) is 19.5 Å². The van der Waals surface area contributed by atoms with Gasteiger partial charge in [-0.1, -0.05) is 12.1 Å². The van der Waals surface area contributed by atoms with Gasteiger partial charge in [-0.25, -0.2) is 0 Å². The summed E-state index contributed by atoms with van der Waals surface area (Å²) >= 11 is 0. The molecule has 1 heterocycles. The summed E-state index contributed by atoms with van der Waals surface area (Å²) in [5, 5.41) is 6.26. The van der Waals surface area contributed by atoms with Gasteiger partial charge >= 0.3 is 0 Å². The lowest BCUT2D eigenvalue weighted by atomic mass is 10.1. The molecular weight excluding hydrogens is 304 g/mol. The second-order valence-electron chi connectivity index (χ2n) is 5.78. The molecule has 0 fully saturated rings. The van der Waals surface area contributed by atoms with E-state index in [1.807, 2.05) is 36.4 Å². The summed E-state index contributed by atoms with van der Waals surface area (Å²) in [6.07, 6.45) is 0.735. The fourth-order valence-corrected chi connectivity index (χ4v) is 2.89. The van der Waals surface area contributed by atoms with Crippen molar-refractivity contribution in [2.45, 2.75) is 19.5 Å². The molecule has 0 unspecified atom stereocenters. The van der Waals surface area contributed by atoms with Gasteiger partial charge in [0.25, 0.3) is 5.91 Å². The molecule has 0 saturated carbocycles. The Balaban J connectivity index is 1.57. The first-order chi connectivity index (χ1) is 11.7. The zero-order valence-corrected chi connectivity index (χ0v) is 14.0. The standard InChI is InChI=1S/C19H22N2O3/c1-23-17-6-3-13(9-18(17)24-2)7-8-21-19(22)14-4-5-15-11-20-12-16(15)10-14/h3-6,9-10,20H,7-8,11-12H2,1-2H3,(H,21,22). The second kappa shape index (κ2) is 7.36. The van der Waals surface area contributed by atoms with E-state index >= 15 is 0 Å². The summed E-state index contributed by atoms with van der Waals surface area (Å²) in [5.74, 6) is 1.37. The Kier molecular flexibility index (Phi) is 5.01. The molecular formula is C19H22N2O3. The topological polar surface area (TPSA) is 59.6 Å². The van der Waals surface area contributed by atoms with Crippen LogP contribution in [0.25, 0.3) is 0 Å². The zero-order chi connectivity index (χ0) is 16.9. The van der Waals surface area contributed by atoms with Crippen LogP contribution in [0.1, 0.15) is 27.0 Å². The van der Waals surface area contributed by atoms with E-state index < -0.39 is 0 Å². The van der Waals surface area contributed by atoms with Crippen LogP contribution >= 0.6 is 0 Å². The molecule has 0 aliphatic carbocycles. The summed E-state index contributed by atoms with van der Waals surface area (Å²) in [6, 6.07) is 11.7. The Morgan fingerprint density at radius 3 is 2.62 bits per heavy atom. The van der Waals surface area contributed by atoms with Gasteiger partial charge in [-0.2, -0.15) is 0 Å². The molecule has 126 valence electrons. The highest BCUT2D eigenvalue weighted by Crippen LogP contribution is 2.27. The van der Waals surface area contributed by atoms with Crippen molar-refractivity contribution < 1.29 is 14.3 Å². The number of carbonyl (C=O) groups is 1. The van der Waals surface area contributed by atoms with Gasteiger partial charge in [-0.3, -0.25) is 4.79 Å². The number of nitrogens with one attached hydrogen (secondary N) is 2. The number of ether oxygens (including phenoxy) is 2. The fourth-order valence-electron chi connectivity index (χ4n) is 2.89. The minimum atomic E-state index is -0.0369. The van der Waals surface area contributed by atoms with Crippen molar-refractivity contribution >= 4 is 5.91 Å². The van der Waals surface area contributed by atoms with E-state index in [0.717, 1.165) is 25.1 Å². The number of carbonyl (C=O) groups excluding carboxylic acids is 1. The average molecular weight is 326 g/mol. The highest BCUT2D eigenvalue weighted by molar-refractivity contribution is 5.94. The maximum Gasteiger partial charge on any atom is 0.251 e. The molecule has 0 saturated heterocycles.